The lowest BCUT2D eigenvalue weighted by Gasteiger charge is -2.38. The summed E-state index contributed by atoms with van der Waals surface area (Å²) in [6, 6.07) is 18.4. The van der Waals surface area contributed by atoms with Crippen LogP contribution in [-0.4, -0.2) is 43.2 Å². The number of carboxylic acid groups (broad SMARTS) is 1. The number of carbonyl (C=O) groups excluding carboxylic acids is 1. The normalized spacial score (nSPS) is 13.7. The minimum absolute atomic E-state index is 0.109. The van der Waals surface area contributed by atoms with Crippen LogP contribution in [0.4, 0.5) is 21.5 Å². The van der Waals surface area contributed by atoms with Gasteiger partial charge in [0.25, 0.3) is 5.91 Å². The van der Waals surface area contributed by atoms with E-state index >= 15 is 0 Å². The Morgan fingerprint density at radius 3 is 2.12 bits per heavy atom. The first-order valence-electron chi connectivity index (χ1n) is 10.1. The van der Waals surface area contributed by atoms with E-state index in [0.717, 1.165) is 4.47 Å². The van der Waals surface area contributed by atoms with Crippen LogP contribution in [0.5, 0.6) is 0 Å². The molecule has 2 N–H and O–H groups in total. The Labute approximate surface area is 193 Å². The van der Waals surface area contributed by atoms with Crippen LogP contribution in [0.25, 0.3) is 0 Å². The van der Waals surface area contributed by atoms with Gasteiger partial charge in [-0.1, -0.05) is 28.1 Å². The average molecular weight is 498 g/mol. The third kappa shape index (κ3) is 4.75. The maximum absolute atomic E-state index is 14.1. The Balaban J connectivity index is 1.49. The summed E-state index contributed by atoms with van der Waals surface area (Å²) in [6.45, 7) is 2.25. The Bertz CT molecular complexity index is 1150. The maximum Gasteiger partial charge on any atom is 0.337 e. The molecular weight excluding hydrogens is 477 g/mol. The second kappa shape index (κ2) is 9.40. The molecular formula is C24H21BrFN3O3. The van der Waals surface area contributed by atoms with Crippen molar-refractivity contribution in [2.45, 2.75) is 0 Å². The second-order valence-electron chi connectivity index (χ2n) is 7.42. The Morgan fingerprint density at radius 1 is 0.875 bits per heavy atom. The average Bonchev–Trinajstić information content (AvgIpc) is 2.80. The second-order valence-corrected chi connectivity index (χ2v) is 8.34. The standard InChI is InChI=1S/C24H21BrFN3O3/c25-17-7-5-16(6-8-17)23(30)27-18-9-10-21(19(15-18)24(31)32)28-11-13-29(14-12-28)22-4-2-1-3-20(22)26/h1-10,15H,11-14H2,(H,27,30)(H,31,32). The molecule has 8 heteroatoms. The topological polar surface area (TPSA) is 72.9 Å². The molecule has 4 rings (SSSR count). The molecule has 1 amide bonds. The number of anilines is 3. The molecule has 3 aromatic carbocycles. The zero-order chi connectivity index (χ0) is 22.7. The van der Waals surface area contributed by atoms with Gasteiger partial charge in [-0.25, -0.2) is 9.18 Å². The number of carbonyl (C=O) groups is 2. The van der Waals surface area contributed by atoms with Crippen LogP contribution >= 0.6 is 15.9 Å². The first-order chi connectivity index (χ1) is 15.4. The lowest BCUT2D eigenvalue weighted by atomic mass is 10.1. The Morgan fingerprint density at radius 2 is 1.50 bits per heavy atom. The molecule has 0 saturated carbocycles. The van der Waals surface area contributed by atoms with Gasteiger partial charge < -0.3 is 20.2 Å². The van der Waals surface area contributed by atoms with E-state index in [2.05, 4.69) is 21.2 Å². The van der Waals surface area contributed by atoms with E-state index in [1.54, 1.807) is 54.6 Å². The van der Waals surface area contributed by atoms with E-state index in [0.29, 0.717) is 48.8 Å². The molecule has 1 aliphatic heterocycles. The molecule has 6 nitrogen and oxygen atoms in total. The maximum atomic E-state index is 14.1. The number of halogens is 2. The molecule has 0 radical (unpaired) electrons. The number of piperazine rings is 1. The van der Waals surface area contributed by atoms with Gasteiger partial charge >= 0.3 is 5.97 Å². The van der Waals surface area contributed by atoms with Crippen molar-refractivity contribution in [1.29, 1.82) is 0 Å². The van der Waals surface area contributed by atoms with E-state index in [1.807, 2.05) is 9.80 Å². The van der Waals surface area contributed by atoms with Crippen LogP contribution in [0.2, 0.25) is 0 Å². The molecule has 1 fully saturated rings. The minimum atomic E-state index is -1.07. The molecule has 1 aliphatic rings. The smallest absolute Gasteiger partial charge is 0.337 e. The van der Waals surface area contributed by atoms with Crippen molar-refractivity contribution < 1.29 is 19.1 Å². The number of aromatic carboxylic acids is 1. The van der Waals surface area contributed by atoms with Gasteiger partial charge in [-0.15, -0.1) is 0 Å². The number of nitrogens with zero attached hydrogens (tertiary/aromatic N) is 2. The van der Waals surface area contributed by atoms with Crippen molar-refractivity contribution in [2.24, 2.45) is 0 Å². The number of para-hydroxylation sites is 1. The lowest BCUT2D eigenvalue weighted by molar-refractivity contribution is 0.0697. The molecule has 32 heavy (non-hydrogen) atoms. The van der Waals surface area contributed by atoms with Crippen molar-refractivity contribution in [2.75, 3.05) is 41.3 Å². The van der Waals surface area contributed by atoms with Crippen LogP contribution in [0.1, 0.15) is 20.7 Å². The number of hydrogen-bond acceptors (Lipinski definition) is 4. The number of benzene rings is 3. The van der Waals surface area contributed by atoms with Gasteiger partial charge in [-0.05, 0) is 54.6 Å². The van der Waals surface area contributed by atoms with Crippen LogP contribution in [-0.2, 0) is 0 Å². The van der Waals surface area contributed by atoms with E-state index in [9.17, 15) is 19.1 Å². The fourth-order valence-electron chi connectivity index (χ4n) is 3.76. The van der Waals surface area contributed by atoms with Gasteiger partial charge in [0, 0.05) is 41.9 Å². The molecule has 0 bridgehead atoms. The van der Waals surface area contributed by atoms with E-state index in [-0.39, 0.29) is 17.3 Å². The highest BCUT2D eigenvalue weighted by Crippen LogP contribution is 2.28. The molecule has 0 atom stereocenters. The van der Waals surface area contributed by atoms with Crippen molar-refractivity contribution in [1.82, 2.24) is 0 Å². The predicted octanol–water partition coefficient (Wildman–Crippen LogP) is 4.87. The predicted molar refractivity (Wildman–Crippen MR) is 126 cm³/mol. The summed E-state index contributed by atoms with van der Waals surface area (Å²) in [5.41, 5.74) is 2.12. The summed E-state index contributed by atoms with van der Waals surface area (Å²) in [6.07, 6.45) is 0. The van der Waals surface area contributed by atoms with Gasteiger partial charge in [0.2, 0.25) is 0 Å². The number of hydrogen-bond donors (Lipinski definition) is 2. The monoisotopic (exact) mass is 497 g/mol. The first-order valence-corrected chi connectivity index (χ1v) is 10.9. The summed E-state index contributed by atoms with van der Waals surface area (Å²) in [5, 5.41) is 12.5. The van der Waals surface area contributed by atoms with E-state index in [4.69, 9.17) is 0 Å². The molecule has 1 heterocycles. The van der Waals surface area contributed by atoms with Gasteiger partial charge in [0.15, 0.2) is 0 Å². The van der Waals surface area contributed by atoms with Crippen molar-refractivity contribution in [3.63, 3.8) is 0 Å². The number of nitrogens with one attached hydrogen (secondary N) is 1. The molecule has 164 valence electrons. The SMILES string of the molecule is O=C(Nc1ccc(N2CCN(c3ccccc3F)CC2)c(C(=O)O)c1)c1ccc(Br)cc1. The third-order valence-corrected chi connectivity index (χ3v) is 5.93. The third-order valence-electron chi connectivity index (χ3n) is 5.40. The van der Waals surface area contributed by atoms with Gasteiger partial charge in [-0.3, -0.25) is 4.79 Å². The van der Waals surface area contributed by atoms with Crippen LogP contribution in [0.3, 0.4) is 0 Å². The number of rotatable bonds is 5. The summed E-state index contributed by atoms with van der Waals surface area (Å²) in [4.78, 5) is 28.3. The molecule has 0 spiro atoms. The van der Waals surface area contributed by atoms with Crippen LogP contribution in [0.15, 0.2) is 71.2 Å². The quantitative estimate of drug-likeness (QED) is 0.526. The highest BCUT2D eigenvalue weighted by molar-refractivity contribution is 9.10. The minimum Gasteiger partial charge on any atom is -0.478 e. The Kier molecular flexibility index (Phi) is 6.41. The highest BCUT2D eigenvalue weighted by Gasteiger charge is 2.23. The fraction of sp³-hybridized carbons (Fsp3) is 0.167. The largest absolute Gasteiger partial charge is 0.478 e. The zero-order valence-corrected chi connectivity index (χ0v) is 18.7. The molecule has 3 aromatic rings. The van der Waals surface area contributed by atoms with Gasteiger partial charge in [0.05, 0.1) is 16.9 Å². The molecule has 0 unspecified atom stereocenters. The molecule has 1 saturated heterocycles. The van der Waals surface area contributed by atoms with E-state index in [1.165, 1.54) is 12.1 Å². The van der Waals surface area contributed by atoms with Crippen molar-refractivity contribution >= 4 is 44.9 Å². The zero-order valence-electron chi connectivity index (χ0n) is 17.1. The van der Waals surface area contributed by atoms with Gasteiger partial charge in [-0.2, -0.15) is 0 Å². The van der Waals surface area contributed by atoms with Crippen LogP contribution in [0, 0.1) is 5.82 Å². The van der Waals surface area contributed by atoms with Crippen molar-refractivity contribution in [3.8, 4) is 0 Å². The molecule has 0 aliphatic carbocycles. The summed E-state index contributed by atoms with van der Waals surface area (Å²) >= 11 is 3.33. The van der Waals surface area contributed by atoms with Gasteiger partial charge in [0.1, 0.15) is 5.82 Å². The lowest BCUT2D eigenvalue weighted by Crippen LogP contribution is -2.47. The highest BCUT2D eigenvalue weighted by atomic mass is 79.9. The number of amides is 1. The Hall–Kier alpha value is -3.39. The first kappa shape index (κ1) is 21.8. The fourth-order valence-corrected chi connectivity index (χ4v) is 4.03. The summed E-state index contributed by atoms with van der Waals surface area (Å²) < 4.78 is 14.9. The van der Waals surface area contributed by atoms with Crippen LogP contribution < -0.4 is 15.1 Å². The van der Waals surface area contributed by atoms with Crippen molar-refractivity contribution in [3.05, 3.63) is 88.1 Å². The number of carboxylic acids is 1. The molecule has 0 aromatic heterocycles. The summed E-state index contributed by atoms with van der Waals surface area (Å²) in [5.74, 6) is -1.66. The van der Waals surface area contributed by atoms with E-state index < -0.39 is 5.97 Å². The summed E-state index contributed by atoms with van der Waals surface area (Å²) in [7, 11) is 0.